The van der Waals surface area contributed by atoms with Gasteiger partial charge in [-0.3, -0.25) is 33.8 Å². The second-order valence-electron chi connectivity index (χ2n) is 16.1. The SMILES string of the molecule is C[C@@H]1Cc2[nH]c(-c3ccnc(-c4ccc(N5CCC(CN6CCC(c7ccc8c(c7)n(C)c(=O)n8C7CCC(=O)NC7=O)CC6)CC5)cc4)c3)cc2C(=O)N1. The Kier molecular flexibility index (Phi) is 9.16. The van der Waals surface area contributed by atoms with Gasteiger partial charge >= 0.3 is 5.69 Å². The normalized spacial score (nSPS) is 21.5. The molecule has 12 heteroatoms. The van der Waals surface area contributed by atoms with Gasteiger partial charge in [0.25, 0.3) is 5.91 Å². The maximum absolute atomic E-state index is 13.2. The molecule has 0 aliphatic carbocycles. The Morgan fingerprint density at radius 2 is 1.60 bits per heavy atom. The number of imidazole rings is 1. The molecule has 0 spiro atoms. The van der Waals surface area contributed by atoms with E-state index in [0.29, 0.717) is 18.3 Å². The van der Waals surface area contributed by atoms with Gasteiger partial charge in [-0.05, 0) is 112 Å². The van der Waals surface area contributed by atoms with Gasteiger partial charge in [0.1, 0.15) is 6.04 Å². The van der Waals surface area contributed by atoms with Crippen molar-refractivity contribution in [2.45, 2.75) is 69.9 Å². The van der Waals surface area contributed by atoms with Gasteiger partial charge in [-0.1, -0.05) is 18.2 Å². The second-order valence-corrected chi connectivity index (χ2v) is 16.1. The van der Waals surface area contributed by atoms with Crippen LogP contribution in [0, 0.1) is 5.92 Å². The van der Waals surface area contributed by atoms with Crippen LogP contribution < -0.4 is 21.2 Å². The van der Waals surface area contributed by atoms with E-state index in [-0.39, 0.29) is 30.0 Å². The highest BCUT2D eigenvalue weighted by Crippen LogP contribution is 2.34. The number of imide groups is 1. The number of fused-ring (bicyclic) bond motifs is 2. The highest BCUT2D eigenvalue weighted by molar-refractivity contribution is 6.00. The largest absolute Gasteiger partial charge is 0.372 e. The summed E-state index contributed by atoms with van der Waals surface area (Å²) in [7, 11) is 1.76. The van der Waals surface area contributed by atoms with Crippen LogP contribution >= 0.6 is 0 Å². The van der Waals surface area contributed by atoms with Gasteiger partial charge in [-0.2, -0.15) is 0 Å². The average Bonchev–Trinajstić information content (AvgIpc) is 3.74. The van der Waals surface area contributed by atoms with E-state index in [4.69, 9.17) is 0 Å². The summed E-state index contributed by atoms with van der Waals surface area (Å²) in [6, 6.07) is 20.5. The van der Waals surface area contributed by atoms with E-state index in [2.05, 4.69) is 72.9 Å². The van der Waals surface area contributed by atoms with Crippen LogP contribution in [-0.4, -0.2) is 80.5 Å². The van der Waals surface area contributed by atoms with Gasteiger partial charge in [-0.25, -0.2) is 4.79 Å². The number of benzene rings is 2. The number of rotatable bonds is 7. The van der Waals surface area contributed by atoms with Crippen LogP contribution in [0.5, 0.6) is 0 Å². The van der Waals surface area contributed by atoms with E-state index >= 15 is 0 Å². The monoisotopic (exact) mass is 740 g/mol. The molecule has 0 saturated carbocycles. The number of nitrogens with one attached hydrogen (secondary N) is 3. The summed E-state index contributed by atoms with van der Waals surface area (Å²) in [5, 5.41) is 5.40. The predicted octanol–water partition coefficient (Wildman–Crippen LogP) is 5.15. The number of pyridine rings is 1. The lowest BCUT2D eigenvalue weighted by molar-refractivity contribution is -0.135. The molecule has 3 N–H and O–H groups in total. The van der Waals surface area contributed by atoms with Crippen molar-refractivity contribution in [2.75, 3.05) is 37.6 Å². The molecule has 3 aromatic heterocycles. The number of hydrogen-bond acceptors (Lipinski definition) is 7. The Labute approximate surface area is 319 Å². The Bertz CT molecular complexity index is 2340. The maximum Gasteiger partial charge on any atom is 0.329 e. The zero-order chi connectivity index (χ0) is 37.8. The fourth-order valence-electron chi connectivity index (χ4n) is 9.33. The van der Waals surface area contributed by atoms with Gasteiger partial charge in [-0.15, -0.1) is 0 Å². The zero-order valence-corrected chi connectivity index (χ0v) is 31.5. The summed E-state index contributed by atoms with van der Waals surface area (Å²) in [5.74, 6) is 0.413. The molecule has 3 saturated heterocycles. The first-order chi connectivity index (χ1) is 26.7. The average molecular weight is 741 g/mol. The number of carbonyl (C=O) groups excluding carboxylic acids is 3. The summed E-state index contributed by atoms with van der Waals surface area (Å²) in [5.41, 5.74) is 9.50. The van der Waals surface area contributed by atoms with Gasteiger partial charge in [0.2, 0.25) is 11.8 Å². The van der Waals surface area contributed by atoms with Crippen LogP contribution in [0.3, 0.4) is 0 Å². The smallest absolute Gasteiger partial charge is 0.329 e. The summed E-state index contributed by atoms with van der Waals surface area (Å²) < 4.78 is 3.19. The molecule has 12 nitrogen and oxygen atoms in total. The molecule has 2 aromatic carbocycles. The predicted molar refractivity (Wildman–Crippen MR) is 212 cm³/mol. The molecule has 7 heterocycles. The molecule has 0 bridgehead atoms. The minimum atomic E-state index is -0.666. The number of aromatic nitrogens is 4. The summed E-state index contributed by atoms with van der Waals surface area (Å²) >= 11 is 0. The molecule has 5 aromatic rings. The van der Waals surface area contributed by atoms with Crippen molar-refractivity contribution >= 4 is 34.4 Å². The number of piperidine rings is 3. The molecule has 4 aliphatic rings. The fraction of sp³-hybridized carbons (Fsp3) is 0.419. The first kappa shape index (κ1) is 35.2. The second kappa shape index (κ2) is 14.3. The molecule has 1 unspecified atom stereocenters. The number of H-pyrrole nitrogens is 1. The molecule has 3 amide bonds. The molecule has 9 rings (SSSR count). The van der Waals surface area contributed by atoms with E-state index in [9.17, 15) is 19.2 Å². The molecule has 0 radical (unpaired) electrons. The van der Waals surface area contributed by atoms with Gasteiger partial charge in [0.15, 0.2) is 0 Å². The van der Waals surface area contributed by atoms with Crippen molar-refractivity contribution in [3.8, 4) is 22.5 Å². The van der Waals surface area contributed by atoms with Crippen molar-refractivity contribution in [3.63, 3.8) is 0 Å². The van der Waals surface area contributed by atoms with E-state index < -0.39 is 11.9 Å². The molecule has 4 aliphatic heterocycles. The van der Waals surface area contributed by atoms with Crippen molar-refractivity contribution in [1.29, 1.82) is 0 Å². The number of carbonyl (C=O) groups is 3. The highest BCUT2D eigenvalue weighted by Gasteiger charge is 2.32. The third-order valence-corrected chi connectivity index (χ3v) is 12.5. The lowest BCUT2D eigenvalue weighted by atomic mass is 9.88. The lowest BCUT2D eigenvalue weighted by Crippen LogP contribution is -2.44. The Balaban J connectivity index is 0.777. The van der Waals surface area contributed by atoms with E-state index in [1.54, 1.807) is 16.2 Å². The van der Waals surface area contributed by atoms with Crippen LogP contribution in [0.2, 0.25) is 0 Å². The molecule has 284 valence electrons. The number of aromatic amines is 1. The molecular weight excluding hydrogens is 693 g/mol. The first-order valence-electron chi connectivity index (χ1n) is 19.8. The van der Waals surface area contributed by atoms with Gasteiger partial charge in [0, 0.05) is 80.0 Å². The van der Waals surface area contributed by atoms with Gasteiger partial charge in [0.05, 0.1) is 22.3 Å². The van der Waals surface area contributed by atoms with Gasteiger partial charge < -0.3 is 20.1 Å². The maximum atomic E-state index is 13.2. The Hall–Kier alpha value is -5.49. The number of likely N-dealkylation sites (tertiary alicyclic amines) is 1. The standard InChI is InChI=1S/C43H48N8O4/c1-26-21-36-33(41(53)45-26)24-35(46-36)31-11-16-44-34(22-31)29-3-6-32(7-4-29)50-19-12-27(13-20-50)25-49-17-14-28(15-18-49)30-5-8-37-39(23-30)48(2)43(55)51(37)38-9-10-40(52)47-42(38)54/h3-8,11,16,22-24,26-28,38,46H,9-10,12-15,17-21,25H2,1-2H3,(H,45,53)(H,47,52,54)/t26-,38?/m1/s1. The van der Waals surface area contributed by atoms with Crippen LogP contribution in [-0.2, 0) is 23.1 Å². The minimum Gasteiger partial charge on any atom is -0.372 e. The van der Waals surface area contributed by atoms with E-state index in [1.807, 2.05) is 31.3 Å². The van der Waals surface area contributed by atoms with Crippen molar-refractivity contribution in [3.05, 3.63) is 94.2 Å². The highest BCUT2D eigenvalue weighted by atomic mass is 16.2. The third kappa shape index (κ3) is 6.77. The minimum absolute atomic E-state index is 0.0178. The van der Waals surface area contributed by atoms with Crippen molar-refractivity contribution < 1.29 is 14.4 Å². The first-order valence-corrected chi connectivity index (χ1v) is 19.8. The third-order valence-electron chi connectivity index (χ3n) is 12.5. The number of anilines is 1. The molecule has 3 fully saturated rings. The topological polar surface area (TPSA) is 137 Å². The summed E-state index contributed by atoms with van der Waals surface area (Å²) in [6.45, 7) is 7.39. The zero-order valence-electron chi connectivity index (χ0n) is 31.5. The molecule has 2 atom stereocenters. The van der Waals surface area contributed by atoms with Crippen LogP contribution in [0.15, 0.2) is 71.7 Å². The summed E-state index contributed by atoms with van der Waals surface area (Å²) in [6.07, 6.45) is 7.73. The number of nitrogens with zero attached hydrogens (tertiary/aromatic N) is 5. The quantitative estimate of drug-likeness (QED) is 0.197. The number of amides is 3. The van der Waals surface area contributed by atoms with Crippen LogP contribution in [0.25, 0.3) is 33.5 Å². The van der Waals surface area contributed by atoms with Crippen LogP contribution in [0.1, 0.15) is 79.0 Å². The Morgan fingerprint density at radius 1 is 0.818 bits per heavy atom. The van der Waals surface area contributed by atoms with Crippen molar-refractivity contribution in [1.82, 2.24) is 34.6 Å². The Morgan fingerprint density at radius 3 is 2.36 bits per heavy atom. The molecular formula is C43H48N8O4. The molecule has 55 heavy (non-hydrogen) atoms. The number of aryl methyl sites for hydroxylation is 1. The van der Waals surface area contributed by atoms with Crippen LogP contribution in [0.4, 0.5) is 5.69 Å². The lowest BCUT2D eigenvalue weighted by Gasteiger charge is -2.38. The van der Waals surface area contributed by atoms with E-state index in [1.165, 1.54) is 24.1 Å². The summed E-state index contributed by atoms with van der Waals surface area (Å²) in [4.78, 5) is 63.3. The fourth-order valence-corrected chi connectivity index (χ4v) is 9.33. The van der Waals surface area contributed by atoms with E-state index in [0.717, 1.165) is 96.8 Å². The number of hydrogen-bond donors (Lipinski definition) is 3. The van der Waals surface area contributed by atoms with Crippen molar-refractivity contribution in [2.24, 2.45) is 13.0 Å².